The van der Waals surface area contributed by atoms with Gasteiger partial charge in [-0.1, -0.05) is 6.92 Å². The maximum atomic E-state index is 13.1. The Bertz CT molecular complexity index is 628. The summed E-state index contributed by atoms with van der Waals surface area (Å²) in [4.78, 5) is 26.2. The lowest BCUT2D eigenvalue weighted by Crippen LogP contribution is -2.51. The molecule has 3 N–H and O–H groups in total. The van der Waals surface area contributed by atoms with Gasteiger partial charge in [0.25, 0.3) is 5.91 Å². The molecular formula is C20H28N2O3. The number of hydrogen-bond acceptors (Lipinski definition) is 3. The molecule has 1 aliphatic heterocycles. The number of nitrogens with zero attached hydrogens (tertiary/aromatic N) is 1. The van der Waals surface area contributed by atoms with Crippen LogP contribution in [0.2, 0.25) is 0 Å². The van der Waals surface area contributed by atoms with Crippen molar-refractivity contribution in [2.24, 2.45) is 17.6 Å². The smallest absolute Gasteiger partial charge is 0.254 e. The van der Waals surface area contributed by atoms with Crippen molar-refractivity contribution in [3.63, 3.8) is 0 Å². The number of piperidine rings is 1. The molecule has 1 aromatic rings. The van der Waals surface area contributed by atoms with Crippen molar-refractivity contribution in [1.29, 1.82) is 0 Å². The van der Waals surface area contributed by atoms with Gasteiger partial charge in [0.15, 0.2) is 0 Å². The van der Waals surface area contributed by atoms with Crippen LogP contribution in [-0.2, 0) is 0 Å². The van der Waals surface area contributed by atoms with E-state index < -0.39 is 5.91 Å². The van der Waals surface area contributed by atoms with E-state index in [4.69, 9.17) is 5.73 Å². The molecule has 2 amide bonds. The number of amides is 2. The SMILES string of the molecule is C[C@@H]1CC[C@H](O)[C@H]([C@H]2CCCCN2C(=O)c2ccc(C(N)=O)cc2)C1. The number of aliphatic hydroxyl groups excluding tert-OH is 1. The molecule has 4 atom stereocenters. The van der Waals surface area contributed by atoms with Gasteiger partial charge in [0.1, 0.15) is 0 Å². The summed E-state index contributed by atoms with van der Waals surface area (Å²) in [5.74, 6) is 0.264. The maximum absolute atomic E-state index is 13.1. The number of nitrogens with two attached hydrogens (primary N) is 1. The van der Waals surface area contributed by atoms with Gasteiger partial charge in [-0.2, -0.15) is 0 Å². The first-order valence-corrected chi connectivity index (χ1v) is 9.36. The summed E-state index contributed by atoms with van der Waals surface area (Å²) >= 11 is 0. The number of primary amides is 1. The predicted molar refractivity (Wildman–Crippen MR) is 96.1 cm³/mol. The minimum Gasteiger partial charge on any atom is -0.393 e. The van der Waals surface area contributed by atoms with Crippen LogP contribution in [0, 0.1) is 11.8 Å². The molecule has 3 rings (SSSR count). The first kappa shape index (κ1) is 17.9. The Morgan fingerprint density at radius 2 is 1.76 bits per heavy atom. The molecule has 2 fully saturated rings. The van der Waals surface area contributed by atoms with E-state index in [2.05, 4.69) is 6.92 Å². The average Bonchev–Trinajstić information content (AvgIpc) is 2.63. The predicted octanol–water partition coefficient (Wildman–Crippen LogP) is 2.58. The van der Waals surface area contributed by atoms with Gasteiger partial charge in [-0.3, -0.25) is 9.59 Å². The van der Waals surface area contributed by atoms with Crippen LogP contribution in [-0.4, -0.2) is 40.5 Å². The number of carbonyl (C=O) groups excluding carboxylic acids is 2. The third-order valence-electron chi connectivity index (χ3n) is 5.84. The van der Waals surface area contributed by atoms with Gasteiger partial charge in [-0.05, 0) is 68.7 Å². The minimum atomic E-state index is -0.492. The van der Waals surface area contributed by atoms with Crippen LogP contribution in [0.3, 0.4) is 0 Å². The lowest BCUT2D eigenvalue weighted by molar-refractivity contribution is -0.0121. The second kappa shape index (κ2) is 7.56. The molecule has 0 bridgehead atoms. The molecule has 0 unspecified atom stereocenters. The summed E-state index contributed by atoms with van der Waals surface area (Å²) in [5, 5.41) is 10.5. The monoisotopic (exact) mass is 344 g/mol. The molecule has 0 aromatic heterocycles. The van der Waals surface area contributed by atoms with E-state index in [-0.39, 0.29) is 24.0 Å². The number of aliphatic hydroxyl groups is 1. The second-order valence-corrected chi connectivity index (χ2v) is 7.65. The molecule has 1 aliphatic carbocycles. The van der Waals surface area contributed by atoms with Crippen LogP contribution in [0.5, 0.6) is 0 Å². The molecule has 1 heterocycles. The molecule has 1 saturated heterocycles. The summed E-state index contributed by atoms with van der Waals surface area (Å²) in [6.45, 7) is 2.97. The average molecular weight is 344 g/mol. The van der Waals surface area contributed by atoms with E-state index >= 15 is 0 Å². The van der Waals surface area contributed by atoms with Crippen LogP contribution in [0.1, 0.15) is 66.2 Å². The maximum Gasteiger partial charge on any atom is 0.254 e. The highest BCUT2D eigenvalue weighted by Gasteiger charge is 2.39. The van der Waals surface area contributed by atoms with E-state index in [0.29, 0.717) is 17.0 Å². The fraction of sp³-hybridized carbons (Fsp3) is 0.600. The van der Waals surface area contributed by atoms with Gasteiger partial charge in [0.2, 0.25) is 5.91 Å². The van der Waals surface area contributed by atoms with E-state index in [9.17, 15) is 14.7 Å². The Labute approximate surface area is 149 Å². The van der Waals surface area contributed by atoms with Crippen LogP contribution in [0.15, 0.2) is 24.3 Å². The van der Waals surface area contributed by atoms with Crippen LogP contribution in [0.25, 0.3) is 0 Å². The fourth-order valence-corrected chi connectivity index (χ4v) is 4.42. The summed E-state index contributed by atoms with van der Waals surface area (Å²) in [6.07, 6.45) is 5.62. The molecule has 1 aromatic carbocycles. The molecule has 5 heteroatoms. The molecule has 0 spiro atoms. The topological polar surface area (TPSA) is 83.6 Å². The molecule has 1 saturated carbocycles. The van der Waals surface area contributed by atoms with Crippen molar-refractivity contribution >= 4 is 11.8 Å². The van der Waals surface area contributed by atoms with Crippen molar-refractivity contribution in [3.8, 4) is 0 Å². The quantitative estimate of drug-likeness (QED) is 0.884. The molecular weight excluding hydrogens is 316 g/mol. The van der Waals surface area contributed by atoms with Crippen LogP contribution < -0.4 is 5.73 Å². The minimum absolute atomic E-state index is 0.00820. The lowest BCUT2D eigenvalue weighted by atomic mass is 9.74. The highest BCUT2D eigenvalue weighted by Crippen LogP contribution is 2.37. The largest absolute Gasteiger partial charge is 0.393 e. The number of benzene rings is 1. The lowest BCUT2D eigenvalue weighted by Gasteiger charge is -2.45. The van der Waals surface area contributed by atoms with Crippen molar-refractivity contribution in [3.05, 3.63) is 35.4 Å². The fourth-order valence-electron chi connectivity index (χ4n) is 4.42. The number of carbonyl (C=O) groups is 2. The van der Waals surface area contributed by atoms with Crippen molar-refractivity contribution in [2.75, 3.05) is 6.54 Å². The Morgan fingerprint density at radius 1 is 1.08 bits per heavy atom. The molecule has 0 radical (unpaired) electrons. The van der Waals surface area contributed by atoms with Gasteiger partial charge in [0.05, 0.1) is 6.10 Å². The van der Waals surface area contributed by atoms with E-state index in [1.165, 1.54) is 0 Å². The zero-order chi connectivity index (χ0) is 18.0. The third-order valence-corrected chi connectivity index (χ3v) is 5.84. The Balaban J connectivity index is 1.80. The molecule has 2 aliphatic rings. The summed E-state index contributed by atoms with van der Waals surface area (Å²) in [5.41, 5.74) is 6.25. The highest BCUT2D eigenvalue weighted by atomic mass is 16.3. The zero-order valence-corrected chi connectivity index (χ0v) is 14.9. The van der Waals surface area contributed by atoms with E-state index in [1.807, 2.05) is 4.90 Å². The van der Waals surface area contributed by atoms with Crippen molar-refractivity contribution in [1.82, 2.24) is 4.90 Å². The Kier molecular flexibility index (Phi) is 5.42. The summed E-state index contributed by atoms with van der Waals surface area (Å²) < 4.78 is 0. The van der Waals surface area contributed by atoms with Gasteiger partial charge in [-0.25, -0.2) is 0 Å². The first-order chi connectivity index (χ1) is 12.0. The van der Waals surface area contributed by atoms with Gasteiger partial charge < -0.3 is 15.7 Å². The molecule has 136 valence electrons. The standard InChI is InChI=1S/C20H28N2O3/c1-13-5-10-18(23)16(12-13)17-4-2-3-11-22(17)20(25)15-8-6-14(7-9-15)19(21)24/h6-9,13,16-18,23H,2-5,10-12H2,1H3,(H2,21,24)/t13-,16+,17-,18+/m1/s1. The zero-order valence-electron chi connectivity index (χ0n) is 14.9. The third kappa shape index (κ3) is 3.87. The van der Waals surface area contributed by atoms with Crippen LogP contribution >= 0.6 is 0 Å². The number of likely N-dealkylation sites (tertiary alicyclic amines) is 1. The summed E-state index contributed by atoms with van der Waals surface area (Å²) in [6, 6.07) is 6.66. The number of rotatable bonds is 3. The van der Waals surface area contributed by atoms with Crippen LogP contribution in [0.4, 0.5) is 0 Å². The van der Waals surface area contributed by atoms with Crippen molar-refractivity contribution in [2.45, 2.75) is 57.6 Å². The van der Waals surface area contributed by atoms with Gasteiger partial charge >= 0.3 is 0 Å². The summed E-state index contributed by atoms with van der Waals surface area (Å²) in [7, 11) is 0. The normalized spacial score (nSPS) is 30.1. The Hall–Kier alpha value is -1.88. The number of hydrogen-bond donors (Lipinski definition) is 2. The molecule has 5 nitrogen and oxygen atoms in total. The first-order valence-electron chi connectivity index (χ1n) is 9.36. The van der Waals surface area contributed by atoms with E-state index in [1.54, 1.807) is 24.3 Å². The highest BCUT2D eigenvalue weighted by molar-refractivity contribution is 5.97. The Morgan fingerprint density at radius 3 is 2.44 bits per heavy atom. The second-order valence-electron chi connectivity index (χ2n) is 7.65. The van der Waals surface area contributed by atoms with Gasteiger partial charge in [-0.15, -0.1) is 0 Å². The van der Waals surface area contributed by atoms with Crippen molar-refractivity contribution < 1.29 is 14.7 Å². The van der Waals surface area contributed by atoms with Gasteiger partial charge in [0, 0.05) is 29.6 Å². The van der Waals surface area contributed by atoms with E-state index in [0.717, 1.165) is 45.1 Å². The molecule has 25 heavy (non-hydrogen) atoms.